The largest absolute Gasteiger partial charge is 0.504 e. The quantitative estimate of drug-likeness (QED) is 0.564. The van der Waals surface area contributed by atoms with E-state index in [1.807, 2.05) is 29.7 Å². The van der Waals surface area contributed by atoms with Crippen LogP contribution in [0, 0.1) is 6.92 Å². The molecule has 0 bridgehead atoms. The molecule has 0 fully saturated rings. The summed E-state index contributed by atoms with van der Waals surface area (Å²) in [7, 11) is 0. The maximum atomic E-state index is 9.46. The highest BCUT2D eigenvalue weighted by Gasteiger charge is 2.08. The SMILES string of the molecule is Cc1ccn2c(c1)nc1cc(O)c(O)cc12. The van der Waals surface area contributed by atoms with Crippen molar-refractivity contribution in [2.75, 3.05) is 0 Å². The number of phenolic OH excluding ortho intramolecular Hbond substituents is 2. The van der Waals surface area contributed by atoms with Crippen LogP contribution in [0.3, 0.4) is 0 Å². The van der Waals surface area contributed by atoms with E-state index in [1.54, 1.807) is 0 Å². The monoisotopic (exact) mass is 214 g/mol. The molecule has 2 aromatic heterocycles. The van der Waals surface area contributed by atoms with Gasteiger partial charge in [-0.25, -0.2) is 4.98 Å². The van der Waals surface area contributed by atoms with Gasteiger partial charge in [-0.3, -0.25) is 4.40 Å². The van der Waals surface area contributed by atoms with Crippen LogP contribution in [0.15, 0.2) is 30.5 Å². The molecule has 0 radical (unpaired) electrons. The van der Waals surface area contributed by atoms with Crippen molar-refractivity contribution >= 4 is 16.7 Å². The second-order valence-corrected chi connectivity index (χ2v) is 3.87. The third-order valence-corrected chi connectivity index (χ3v) is 2.66. The molecule has 0 atom stereocenters. The number of rotatable bonds is 0. The number of benzene rings is 1. The van der Waals surface area contributed by atoms with Gasteiger partial charge in [-0.2, -0.15) is 0 Å². The number of nitrogens with zero attached hydrogens (tertiary/aromatic N) is 2. The first-order valence-electron chi connectivity index (χ1n) is 4.95. The second kappa shape index (κ2) is 2.88. The van der Waals surface area contributed by atoms with E-state index in [1.165, 1.54) is 12.1 Å². The van der Waals surface area contributed by atoms with E-state index in [0.29, 0.717) is 5.52 Å². The molecule has 16 heavy (non-hydrogen) atoms. The summed E-state index contributed by atoms with van der Waals surface area (Å²) in [5, 5.41) is 18.9. The standard InChI is InChI=1S/C12H10N2O2/c1-7-2-3-14-9-6-11(16)10(15)5-8(9)13-12(14)4-7/h2-6,15-16H,1H3. The van der Waals surface area contributed by atoms with Crippen LogP contribution in [0.2, 0.25) is 0 Å². The van der Waals surface area contributed by atoms with Gasteiger partial charge < -0.3 is 10.2 Å². The fourth-order valence-electron chi connectivity index (χ4n) is 1.84. The van der Waals surface area contributed by atoms with Gasteiger partial charge in [0.15, 0.2) is 11.5 Å². The number of imidazole rings is 1. The first-order chi connectivity index (χ1) is 7.65. The van der Waals surface area contributed by atoms with Gasteiger partial charge in [-0.15, -0.1) is 0 Å². The minimum absolute atomic E-state index is 0.130. The molecule has 0 amide bonds. The molecule has 0 saturated carbocycles. The lowest BCUT2D eigenvalue weighted by Gasteiger charge is -1.98. The van der Waals surface area contributed by atoms with Crippen molar-refractivity contribution in [2.45, 2.75) is 6.92 Å². The third kappa shape index (κ3) is 1.13. The average molecular weight is 214 g/mol. The third-order valence-electron chi connectivity index (χ3n) is 2.66. The van der Waals surface area contributed by atoms with Gasteiger partial charge in [0.25, 0.3) is 0 Å². The number of phenols is 2. The van der Waals surface area contributed by atoms with Crippen molar-refractivity contribution in [1.29, 1.82) is 0 Å². The zero-order chi connectivity index (χ0) is 11.3. The molecule has 2 heterocycles. The highest BCUT2D eigenvalue weighted by atomic mass is 16.3. The number of aryl methyl sites for hydroxylation is 1. The Kier molecular flexibility index (Phi) is 1.63. The van der Waals surface area contributed by atoms with E-state index in [4.69, 9.17) is 0 Å². The molecule has 0 aliphatic rings. The van der Waals surface area contributed by atoms with Gasteiger partial charge in [0, 0.05) is 18.3 Å². The maximum Gasteiger partial charge on any atom is 0.159 e. The van der Waals surface area contributed by atoms with Crippen LogP contribution in [0.4, 0.5) is 0 Å². The summed E-state index contributed by atoms with van der Waals surface area (Å²) < 4.78 is 1.88. The number of aromatic hydroxyl groups is 2. The highest BCUT2D eigenvalue weighted by Crippen LogP contribution is 2.30. The van der Waals surface area contributed by atoms with E-state index in [-0.39, 0.29) is 11.5 Å². The van der Waals surface area contributed by atoms with Gasteiger partial charge in [0.1, 0.15) is 5.65 Å². The Morgan fingerprint density at radius 3 is 2.69 bits per heavy atom. The topological polar surface area (TPSA) is 57.8 Å². The fraction of sp³-hybridized carbons (Fsp3) is 0.0833. The highest BCUT2D eigenvalue weighted by molar-refractivity contribution is 5.83. The lowest BCUT2D eigenvalue weighted by atomic mass is 10.2. The molecule has 3 rings (SSSR count). The molecule has 0 aliphatic carbocycles. The van der Waals surface area contributed by atoms with Crippen molar-refractivity contribution in [2.24, 2.45) is 0 Å². The molecule has 0 aliphatic heterocycles. The summed E-state index contributed by atoms with van der Waals surface area (Å²) in [5.41, 5.74) is 3.38. The number of pyridine rings is 1. The van der Waals surface area contributed by atoms with E-state index in [0.717, 1.165) is 16.7 Å². The fourth-order valence-corrected chi connectivity index (χ4v) is 1.84. The Hall–Kier alpha value is -2.23. The Bertz CT molecular complexity index is 701. The summed E-state index contributed by atoms with van der Waals surface area (Å²) in [4.78, 5) is 4.37. The summed E-state index contributed by atoms with van der Waals surface area (Å²) in [6.07, 6.45) is 1.90. The molecule has 1 aromatic carbocycles. The van der Waals surface area contributed by atoms with Crippen molar-refractivity contribution in [3.05, 3.63) is 36.0 Å². The Morgan fingerprint density at radius 1 is 1.12 bits per heavy atom. The maximum absolute atomic E-state index is 9.46. The van der Waals surface area contributed by atoms with Gasteiger partial charge >= 0.3 is 0 Å². The van der Waals surface area contributed by atoms with Gasteiger partial charge in [-0.05, 0) is 24.6 Å². The first-order valence-corrected chi connectivity index (χ1v) is 4.95. The zero-order valence-electron chi connectivity index (χ0n) is 8.68. The normalized spacial score (nSPS) is 11.3. The van der Waals surface area contributed by atoms with Crippen molar-refractivity contribution in [1.82, 2.24) is 9.38 Å². The lowest BCUT2D eigenvalue weighted by Crippen LogP contribution is -1.84. The van der Waals surface area contributed by atoms with Crippen LogP contribution in [0.5, 0.6) is 11.5 Å². The molecular weight excluding hydrogens is 204 g/mol. The van der Waals surface area contributed by atoms with E-state index >= 15 is 0 Å². The first kappa shape index (κ1) is 9.03. The zero-order valence-corrected chi connectivity index (χ0v) is 8.68. The molecule has 4 nitrogen and oxygen atoms in total. The van der Waals surface area contributed by atoms with Crippen molar-refractivity contribution in [3.8, 4) is 11.5 Å². The van der Waals surface area contributed by atoms with Gasteiger partial charge in [-0.1, -0.05) is 0 Å². The molecule has 0 spiro atoms. The Balaban J connectivity index is 2.51. The summed E-state index contributed by atoms with van der Waals surface area (Å²) in [5.74, 6) is -0.275. The summed E-state index contributed by atoms with van der Waals surface area (Å²) in [6.45, 7) is 1.99. The number of aromatic nitrogens is 2. The van der Waals surface area contributed by atoms with Crippen LogP contribution < -0.4 is 0 Å². The van der Waals surface area contributed by atoms with E-state index in [2.05, 4.69) is 4.98 Å². The minimum Gasteiger partial charge on any atom is -0.504 e. The number of hydrogen-bond donors (Lipinski definition) is 2. The van der Waals surface area contributed by atoms with Crippen LogP contribution in [0.25, 0.3) is 16.7 Å². The Labute approximate surface area is 91.4 Å². The molecule has 4 heteroatoms. The summed E-state index contributed by atoms with van der Waals surface area (Å²) >= 11 is 0. The van der Waals surface area contributed by atoms with Crippen LogP contribution in [0.1, 0.15) is 5.56 Å². The van der Waals surface area contributed by atoms with Crippen molar-refractivity contribution in [3.63, 3.8) is 0 Å². The van der Waals surface area contributed by atoms with Crippen LogP contribution in [-0.4, -0.2) is 19.6 Å². The van der Waals surface area contributed by atoms with Crippen molar-refractivity contribution < 1.29 is 10.2 Å². The molecule has 0 unspecified atom stereocenters. The number of fused-ring (bicyclic) bond motifs is 3. The van der Waals surface area contributed by atoms with E-state index in [9.17, 15) is 10.2 Å². The molecule has 2 N–H and O–H groups in total. The van der Waals surface area contributed by atoms with Crippen LogP contribution >= 0.6 is 0 Å². The predicted octanol–water partition coefficient (Wildman–Crippen LogP) is 2.21. The smallest absolute Gasteiger partial charge is 0.159 e. The van der Waals surface area contributed by atoms with E-state index < -0.39 is 0 Å². The lowest BCUT2D eigenvalue weighted by molar-refractivity contribution is 0.404. The second-order valence-electron chi connectivity index (χ2n) is 3.87. The number of hydrogen-bond acceptors (Lipinski definition) is 3. The molecular formula is C12H10N2O2. The summed E-state index contributed by atoms with van der Waals surface area (Å²) in [6, 6.07) is 6.90. The van der Waals surface area contributed by atoms with Crippen LogP contribution in [-0.2, 0) is 0 Å². The molecule has 0 saturated heterocycles. The van der Waals surface area contributed by atoms with Gasteiger partial charge in [0.05, 0.1) is 11.0 Å². The predicted molar refractivity (Wildman–Crippen MR) is 60.8 cm³/mol. The Morgan fingerprint density at radius 2 is 1.88 bits per heavy atom. The molecule has 3 aromatic rings. The molecule has 80 valence electrons. The minimum atomic E-state index is -0.146. The van der Waals surface area contributed by atoms with Gasteiger partial charge in [0.2, 0.25) is 0 Å². The average Bonchev–Trinajstić information content (AvgIpc) is 2.55.